The Morgan fingerprint density at radius 3 is 2.38 bits per heavy atom. The largest absolute Gasteiger partial charge is 0.481 e. The predicted octanol–water partition coefficient (Wildman–Crippen LogP) is 2.56. The molecule has 1 saturated heterocycles. The number of nitrogens with zero attached hydrogens (tertiary/aromatic N) is 1. The molecule has 3 N–H and O–H groups in total. The first-order chi connectivity index (χ1) is 12.1. The fourth-order valence-electron chi connectivity index (χ4n) is 3.03. The number of hydrogen-bond donors (Lipinski definition) is 3. The van der Waals surface area contributed by atoms with Gasteiger partial charge in [0.1, 0.15) is 0 Å². The van der Waals surface area contributed by atoms with Crippen LogP contribution in [0.4, 0.5) is 18.0 Å². The fraction of sp³-hybridized carbons (Fsp3) is 0.529. The summed E-state index contributed by atoms with van der Waals surface area (Å²) in [6.45, 7) is 0.406. The lowest BCUT2D eigenvalue weighted by Crippen LogP contribution is -2.49. The Morgan fingerprint density at radius 2 is 1.81 bits per heavy atom. The van der Waals surface area contributed by atoms with Crippen molar-refractivity contribution < 1.29 is 33.0 Å². The van der Waals surface area contributed by atoms with Crippen LogP contribution in [-0.2, 0) is 16.6 Å². The molecule has 0 aromatic heterocycles. The number of urea groups is 1. The Bertz CT molecular complexity index is 656. The van der Waals surface area contributed by atoms with Gasteiger partial charge in [0, 0.05) is 26.1 Å². The van der Waals surface area contributed by atoms with Crippen molar-refractivity contribution in [1.82, 2.24) is 10.2 Å². The van der Waals surface area contributed by atoms with Crippen LogP contribution in [-0.4, -0.2) is 46.7 Å². The van der Waals surface area contributed by atoms with E-state index in [-0.39, 0.29) is 50.9 Å². The second-order valence-corrected chi connectivity index (χ2v) is 6.29. The highest BCUT2D eigenvalue weighted by atomic mass is 19.4. The smallest absolute Gasteiger partial charge is 0.416 e. The monoisotopic (exact) mass is 374 g/mol. The van der Waals surface area contributed by atoms with Crippen LogP contribution in [0.15, 0.2) is 24.3 Å². The van der Waals surface area contributed by atoms with Crippen LogP contribution < -0.4 is 5.32 Å². The summed E-state index contributed by atoms with van der Waals surface area (Å²) in [6, 6.07) is 4.51. The van der Waals surface area contributed by atoms with Crippen LogP contribution >= 0.6 is 0 Å². The molecule has 0 atom stereocenters. The van der Waals surface area contributed by atoms with Gasteiger partial charge >= 0.3 is 18.2 Å². The summed E-state index contributed by atoms with van der Waals surface area (Å²) >= 11 is 0. The standard InChI is InChI=1S/C17H21F3N2O4/c18-17(19,20)13-5-2-1-4-12(13)16(26)7-10-22(11-8-16)15(25)21-9-3-6-14(23)24/h1-2,4-5,26H,3,6-11H2,(H,21,25)(H,23,24). The zero-order chi connectivity index (χ0) is 19.4. The third-order valence-corrected chi connectivity index (χ3v) is 4.46. The minimum atomic E-state index is -4.56. The normalized spacial score (nSPS) is 17.0. The molecule has 26 heavy (non-hydrogen) atoms. The minimum absolute atomic E-state index is 0.0113. The van der Waals surface area contributed by atoms with E-state index in [1.165, 1.54) is 23.1 Å². The summed E-state index contributed by atoms with van der Waals surface area (Å²) in [5.41, 5.74) is -2.69. The fourth-order valence-corrected chi connectivity index (χ4v) is 3.03. The molecule has 1 fully saturated rings. The first-order valence-electron chi connectivity index (χ1n) is 8.27. The van der Waals surface area contributed by atoms with E-state index in [0.717, 1.165) is 6.07 Å². The number of piperidine rings is 1. The third kappa shape index (κ3) is 4.87. The average molecular weight is 374 g/mol. The van der Waals surface area contributed by atoms with Gasteiger partial charge < -0.3 is 20.4 Å². The Morgan fingerprint density at radius 1 is 1.19 bits per heavy atom. The first kappa shape index (κ1) is 20.0. The quantitative estimate of drug-likeness (QED) is 0.691. The van der Waals surface area contributed by atoms with Crippen LogP contribution in [0, 0.1) is 0 Å². The lowest BCUT2D eigenvalue weighted by molar-refractivity contribution is -0.141. The Hall–Kier alpha value is -2.29. The number of carbonyl (C=O) groups excluding carboxylic acids is 1. The molecule has 0 spiro atoms. The number of carboxylic acids is 1. The van der Waals surface area contributed by atoms with Gasteiger partial charge in [-0.2, -0.15) is 13.2 Å². The molecule has 0 aliphatic carbocycles. The number of rotatable bonds is 5. The molecule has 9 heteroatoms. The molecule has 0 bridgehead atoms. The number of carbonyl (C=O) groups is 2. The maximum atomic E-state index is 13.2. The second-order valence-electron chi connectivity index (χ2n) is 6.29. The molecule has 2 amide bonds. The van der Waals surface area contributed by atoms with Crippen molar-refractivity contribution in [2.24, 2.45) is 0 Å². The first-order valence-corrected chi connectivity index (χ1v) is 8.27. The summed E-state index contributed by atoms with van der Waals surface area (Å²) < 4.78 is 39.5. The summed E-state index contributed by atoms with van der Waals surface area (Å²) in [7, 11) is 0. The lowest BCUT2D eigenvalue weighted by atomic mass is 9.82. The average Bonchev–Trinajstić information content (AvgIpc) is 2.58. The highest BCUT2D eigenvalue weighted by Crippen LogP contribution is 2.41. The molecule has 0 unspecified atom stereocenters. The summed E-state index contributed by atoms with van der Waals surface area (Å²) in [4.78, 5) is 23.8. The van der Waals surface area contributed by atoms with Crippen LogP contribution in [0.2, 0.25) is 0 Å². The van der Waals surface area contributed by atoms with E-state index >= 15 is 0 Å². The summed E-state index contributed by atoms with van der Waals surface area (Å²) in [6.07, 6.45) is -4.36. The number of likely N-dealkylation sites (tertiary alicyclic amines) is 1. The number of nitrogens with one attached hydrogen (secondary N) is 1. The molecule has 6 nitrogen and oxygen atoms in total. The summed E-state index contributed by atoms with van der Waals surface area (Å²) in [5, 5.41) is 21.9. The van der Waals surface area contributed by atoms with Crippen molar-refractivity contribution in [1.29, 1.82) is 0 Å². The molecule has 144 valence electrons. The van der Waals surface area contributed by atoms with E-state index in [0.29, 0.717) is 0 Å². The number of carboxylic acid groups (broad SMARTS) is 1. The van der Waals surface area contributed by atoms with E-state index in [9.17, 15) is 27.9 Å². The molecular weight excluding hydrogens is 353 g/mol. The van der Waals surface area contributed by atoms with Crippen LogP contribution in [0.5, 0.6) is 0 Å². The lowest BCUT2D eigenvalue weighted by Gasteiger charge is -2.39. The van der Waals surface area contributed by atoms with Crippen molar-refractivity contribution in [3.63, 3.8) is 0 Å². The van der Waals surface area contributed by atoms with Gasteiger partial charge in [-0.25, -0.2) is 4.79 Å². The van der Waals surface area contributed by atoms with Crippen molar-refractivity contribution in [3.8, 4) is 0 Å². The van der Waals surface area contributed by atoms with Gasteiger partial charge in [0.25, 0.3) is 0 Å². The number of benzene rings is 1. The van der Waals surface area contributed by atoms with Crippen molar-refractivity contribution in [2.75, 3.05) is 19.6 Å². The van der Waals surface area contributed by atoms with Gasteiger partial charge in [-0.15, -0.1) is 0 Å². The Labute approximate surface area is 148 Å². The molecule has 0 saturated carbocycles. The number of hydrogen-bond acceptors (Lipinski definition) is 3. The van der Waals surface area contributed by atoms with Crippen LogP contribution in [0.25, 0.3) is 0 Å². The van der Waals surface area contributed by atoms with Gasteiger partial charge in [0.2, 0.25) is 0 Å². The van der Waals surface area contributed by atoms with Gasteiger partial charge in [-0.1, -0.05) is 18.2 Å². The minimum Gasteiger partial charge on any atom is -0.481 e. The highest BCUT2D eigenvalue weighted by Gasteiger charge is 2.42. The van der Waals surface area contributed by atoms with Crippen molar-refractivity contribution in [2.45, 2.75) is 37.5 Å². The third-order valence-electron chi connectivity index (χ3n) is 4.46. The molecule has 1 aromatic rings. The molecule has 0 radical (unpaired) electrons. The van der Waals surface area contributed by atoms with Gasteiger partial charge in [-0.3, -0.25) is 4.79 Å². The number of aliphatic hydroxyl groups is 1. The van der Waals surface area contributed by atoms with E-state index in [4.69, 9.17) is 5.11 Å². The molecule has 1 heterocycles. The van der Waals surface area contributed by atoms with Gasteiger partial charge in [0.15, 0.2) is 0 Å². The molecule has 2 rings (SSSR count). The van der Waals surface area contributed by atoms with E-state index in [2.05, 4.69) is 5.32 Å². The Kier molecular flexibility index (Phi) is 6.12. The number of alkyl halides is 3. The van der Waals surface area contributed by atoms with Crippen molar-refractivity contribution >= 4 is 12.0 Å². The number of amides is 2. The maximum Gasteiger partial charge on any atom is 0.416 e. The van der Waals surface area contributed by atoms with Gasteiger partial charge in [0.05, 0.1) is 11.2 Å². The zero-order valence-electron chi connectivity index (χ0n) is 14.1. The zero-order valence-corrected chi connectivity index (χ0v) is 14.1. The topological polar surface area (TPSA) is 89.9 Å². The van der Waals surface area contributed by atoms with Crippen LogP contribution in [0.1, 0.15) is 36.8 Å². The molecule has 1 aromatic carbocycles. The predicted molar refractivity (Wildman–Crippen MR) is 86.4 cm³/mol. The van der Waals surface area contributed by atoms with E-state index < -0.39 is 29.3 Å². The molecule has 1 aliphatic rings. The molecule has 1 aliphatic heterocycles. The van der Waals surface area contributed by atoms with E-state index in [1.807, 2.05) is 0 Å². The van der Waals surface area contributed by atoms with Crippen LogP contribution in [0.3, 0.4) is 0 Å². The summed E-state index contributed by atoms with van der Waals surface area (Å²) in [5.74, 6) is -0.953. The molecular formula is C17H21F3N2O4. The SMILES string of the molecule is O=C(O)CCCNC(=O)N1CCC(O)(c2ccccc2C(F)(F)F)CC1. The maximum absolute atomic E-state index is 13.2. The van der Waals surface area contributed by atoms with E-state index in [1.54, 1.807) is 0 Å². The highest BCUT2D eigenvalue weighted by molar-refractivity contribution is 5.74. The number of aliphatic carboxylic acids is 1. The number of halogens is 3. The van der Waals surface area contributed by atoms with Gasteiger partial charge in [-0.05, 0) is 30.9 Å². The van der Waals surface area contributed by atoms with Crippen molar-refractivity contribution in [3.05, 3.63) is 35.4 Å². The Balaban J connectivity index is 1.97. The second kappa shape index (κ2) is 7.94.